The number of ether oxygens (including phenoxy) is 1. The minimum Gasteiger partial charge on any atom is -0.410 e. The molecule has 0 atom stereocenters. The third-order valence-corrected chi connectivity index (χ3v) is 2.99. The van der Waals surface area contributed by atoms with Crippen molar-refractivity contribution in [2.45, 2.75) is 18.8 Å². The zero-order valence-electron chi connectivity index (χ0n) is 8.77. The van der Waals surface area contributed by atoms with Crippen molar-refractivity contribution in [2.24, 2.45) is 5.73 Å². The van der Waals surface area contributed by atoms with Crippen molar-refractivity contribution in [3.05, 3.63) is 22.8 Å². The van der Waals surface area contributed by atoms with E-state index in [-0.39, 0.29) is 0 Å². The molecule has 2 aromatic rings. The van der Waals surface area contributed by atoms with Gasteiger partial charge in [-0.25, -0.2) is 4.79 Å². The minimum atomic E-state index is -0.871. The number of nitrogens with zero attached hydrogens (tertiary/aromatic N) is 1. The second-order valence-corrected chi connectivity index (χ2v) is 4.45. The molecule has 1 aliphatic carbocycles. The van der Waals surface area contributed by atoms with E-state index in [4.69, 9.17) is 26.6 Å². The molecule has 1 aromatic heterocycles. The highest BCUT2D eigenvalue weighted by atomic mass is 35.5. The molecule has 0 bridgehead atoms. The highest BCUT2D eigenvalue weighted by Gasteiger charge is 2.29. The molecule has 1 fully saturated rings. The van der Waals surface area contributed by atoms with Gasteiger partial charge in [-0.2, -0.15) is 0 Å². The van der Waals surface area contributed by atoms with Crippen LogP contribution >= 0.6 is 11.6 Å². The topological polar surface area (TPSA) is 78.4 Å². The summed E-state index contributed by atoms with van der Waals surface area (Å²) in [6, 6.07) is 3.16. The predicted molar refractivity (Wildman–Crippen MR) is 61.2 cm³/mol. The molecule has 3 rings (SSSR count). The number of hydrogen-bond donors (Lipinski definition) is 1. The maximum Gasteiger partial charge on any atom is 0.409 e. The molecular formula is C11H9ClN2O3. The number of rotatable bonds is 2. The molecule has 88 valence electrons. The smallest absolute Gasteiger partial charge is 0.409 e. The van der Waals surface area contributed by atoms with Crippen LogP contribution in [-0.4, -0.2) is 11.2 Å². The summed E-state index contributed by atoms with van der Waals surface area (Å²) in [7, 11) is 0. The lowest BCUT2D eigenvalue weighted by Crippen LogP contribution is -2.16. The van der Waals surface area contributed by atoms with Gasteiger partial charge >= 0.3 is 6.09 Å². The third-order valence-electron chi connectivity index (χ3n) is 2.71. The first kappa shape index (κ1) is 10.4. The Morgan fingerprint density at radius 2 is 2.29 bits per heavy atom. The van der Waals surface area contributed by atoms with E-state index in [2.05, 4.69) is 5.16 Å². The second-order valence-electron chi connectivity index (χ2n) is 4.04. The summed E-state index contributed by atoms with van der Waals surface area (Å²) in [5.74, 6) is 0.733. The lowest BCUT2D eigenvalue weighted by molar-refractivity contribution is 0.211. The molecular weight excluding hydrogens is 244 g/mol. The summed E-state index contributed by atoms with van der Waals surface area (Å²) in [4.78, 5) is 10.7. The fourth-order valence-corrected chi connectivity index (χ4v) is 2.07. The van der Waals surface area contributed by atoms with Gasteiger partial charge in [-0.1, -0.05) is 16.8 Å². The first-order valence-electron chi connectivity index (χ1n) is 5.21. The largest absolute Gasteiger partial charge is 0.410 e. The number of primary amides is 1. The Hall–Kier alpha value is -1.75. The Morgan fingerprint density at radius 3 is 2.94 bits per heavy atom. The Balaban J connectivity index is 2.14. The van der Waals surface area contributed by atoms with Crippen LogP contribution < -0.4 is 10.5 Å². The number of benzene rings is 1. The molecule has 0 unspecified atom stereocenters. The van der Waals surface area contributed by atoms with Gasteiger partial charge in [0.05, 0.1) is 16.1 Å². The summed E-state index contributed by atoms with van der Waals surface area (Å²) < 4.78 is 10.0. The predicted octanol–water partition coefficient (Wildman–Crippen LogP) is 2.82. The van der Waals surface area contributed by atoms with Crippen LogP contribution in [-0.2, 0) is 0 Å². The van der Waals surface area contributed by atoms with Gasteiger partial charge in [0, 0.05) is 12.0 Å². The van der Waals surface area contributed by atoms with Crippen molar-refractivity contribution in [3.8, 4) is 5.75 Å². The van der Waals surface area contributed by atoms with Crippen LogP contribution in [0.1, 0.15) is 24.5 Å². The first-order valence-corrected chi connectivity index (χ1v) is 5.59. The van der Waals surface area contributed by atoms with E-state index >= 15 is 0 Å². The zero-order valence-corrected chi connectivity index (χ0v) is 9.53. The molecule has 0 spiro atoms. The third kappa shape index (κ3) is 1.82. The van der Waals surface area contributed by atoms with Crippen LogP contribution in [0.15, 0.2) is 16.7 Å². The van der Waals surface area contributed by atoms with Crippen LogP contribution in [0.4, 0.5) is 4.79 Å². The van der Waals surface area contributed by atoms with Crippen molar-refractivity contribution < 1.29 is 14.1 Å². The van der Waals surface area contributed by atoms with Crippen molar-refractivity contribution in [3.63, 3.8) is 0 Å². The lowest BCUT2D eigenvalue weighted by atomic mass is 10.1. The lowest BCUT2D eigenvalue weighted by Gasteiger charge is -2.01. The summed E-state index contributed by atoms with van der Waals surface area (Å²) >= 11 is 6.02. The second kappa shape index (κ2) is 3.63. The molecule has 0 saturated heterocycles. The van der Waals surface area contributed by atoms with Gasteiger partial charge in [0.2, 0.25) is 0 Å². The number of amides is 1. The summed E-state index contributed by atoms with van der Waals surface area (Å²) in [6.45, 7) is 0. The molecule has 2 N–H and O–H groups in total. The number of hydrogen-bond acceptors (Lipinski definition) is 4. The summed E-state index contributed by atoms with van der Waals surface area (Å²) in [5, 5.41) is 5.15. The number of carbonyl (C=O) groups is 1. The number of carbonyl (C=O) groups excluding carboxylic acids is 1. The van der Waals surface area contributed by atoms with Crippen LogP contribution in [0, 0.1) is 0 Å². The molecule has 5 nitrogen and oxygen atoms in total. The quantitative estimate of drug-likeness (QED) is 0.891. The van der Waals surface area contributed by atoms with Gasteiger partial charge in [0.1, 0.15) is 5.75 Å². The van der Waals surface area contributed by atoms with Crippen LogP contribution in [0.3, 0.4) is 0 Å². The molecule has 6 heteroatoms. The maximum atomic E-state index is 10.7. The van der Waals surface area contributed by atoms with Crippen molar-refractivity contribution >= 4 is 28.7 Å². The molecule has 1 saturated carbocycles. The molecule has 17 heavy (non-hydrogen) atoms. The summed E-state index contributed by atoms with van der Waals surface area (Å²) in [5.41, 5.74) is 6.35. The van der Waals surface area contributed by atoms with E-state index in [0.29, 0.717) is 22.3 Å². The molecule has 1 amide bonds. The highest BCUT2D eigenvalue weighted by molar-refractivity contribution is 6.35. The van der Waals surface area contributed by atoms with Crippen LogP contribution in [0.25, 0.3) is 11.0 Å². The number of fused-ring (bicyclic) bond motifs is 1. The highest BCUT2D eigenvalue weighted by Crippen LogP contribution is 2.44. The molecule has 0 radical (unpaired) electrons. The Bertz CT molecular complexity index is 604. The van der Waals surface area contributed by atoms with Crippen LogP contribution in [0.2, 0.25) is 5.02 Å². The van der Waals surface area contributed by atoms with Gasteiger partial charge in [-0.3, -0.25) is 0 Å². The Morgan fingerprint density at radius 1 is 1.53 bits per heavy atom. The van der Waals surface area contributed by atoms with Crippen molar-refractivity contribution in [1.82, 2.24) is 5.16 Å². The normalized spacial score (nSPS) is 15.1. The maximum absolute atomic E-state index is 10.7. The van der Waals surface area contributed by atoms with Crippen LogP contribution in [0.5, 0.6) is 5.75 Å². The van der Waals surface area contributed by atoms with Gasteiger partial charge < -0.3 is 15.0 Å². The first-order chi connectivity index (χ1) is 8.15. The Labute approximate surface area is 101 Å². The number of aromatic nitrogens is 1. The monoisotopic (exact) mass is 252 g/mol. The number of halogens is 1. The van der Waals surface area contributed by atoms with Crippen molar-refractivity contribution in [2.75, 3.05) is 0 Å². The standard InChI is InChI=1S/C11H9ClN2O3/c12-8-4-6(16-11(13)15)3-7-9(5-1-2-5)14-17-10(7)8/h3-5H,1-2H2,(H2,13,15). The van der Waals surface area contributed by atoms with E-state index in [1.54, 1.807) is 6.07 Å². The van der Waals surface area contributed by atoms with E-state index in [1.165, 1.54) is 6.07 Å². The molecule has 1 heterocycles. The van der Waals surface area contributed by atoms with E-state index in [9.17, 15) is 4.79 Å². The fraction of sp³-hybridized carbons (Fsp3) is 0.273. The molecule has 1 aromatic carbocycles. The van der Waals surface area contributed by atoms with Gasteiger partial charge in [0.25, 0.3) is 0 Å². The van der Waals surface area contributed by atoms with E-state index in [0.717, 1.165) is 23.9 Å². The fourth-order valence-electron chi connectivity index (χ4n) is 1.82. The Kier molecular flexibility index (Phi) is 2.22. The summed E-state index contributed by atoms with van der Waals surface area (Å²) in [6.07, 6.45) is 1.32. The van der Waals surface area contributed by atoms with Gasteiger partial charge in [-0.15, -0.1) is 0 Å². The number of nitrogens with two attached hydrogens (primary N) is 1. The average Bonchev–Trinajstić information content (AvgIpc) is 2.98. The van der Waals surface area contributed by atoms with Crippen molar-refractivity contribution in [1.29, 1.82) is 0 Å². The average molecular weight is 253 g/mol. The minimum absolute atomic E-state index is 0.306. The van der Waals surface area contributed by atoms with Gasteiger partial charge in [0.15, 0.2) is 5.58 Å². The molecule has 0 aliphatic heterocycles. The van der Waals surface area contributed by atoms with E-state index < -0.39 is 6.09 Å². The molecule has 1 aliphatic rings. The zero-order chi connectivity index (χ0) is 12.0. The SMILES string of the molecule is NC(=O)Oc1cc(Cl)c2onc(C3CC3)c2c1. The van der Waals surface area contributed by atoms with E-state index in [1.807, 2.05) is 0 Å². The van der Waals surface area contributed by atoms with Gasteiger partial charge in [-0.05, 0) is 18.9 Å².